The zero-order valence-electron chi connectivity index (χ0n) is 11.3. The number of anilines is 2. The third-order valence-corrected chi connectivity index (χ3v) is 2.43. The molecule has 0 radical (unpaired) electrons. The second kappa shape index (κ2) is 6.78. The minimum absolute atomic E-state index is 0.0960. The Morgan fingerprint density at radius 1 is 1.33 bits per heavy atom. The number of carbonyl (C=O) groups excluding carboxylic acids is 1. The van der Waals surface area contributed by atoms with E-state index in [0.29, 0.717) is 5.82 Å². The minimum atomic E-state index is -0.326. The molecule has 6 heteroatoms. The molecule has 0 aliphatic heterocycles. The van der Waals surface area contributed by atoms with Crippen molar-refractivity contribution in [2.24, 2.45) is 0 Å². The normalized spacial score (nSPS) is 10.3. The lowest BCUT2D eigenvalue weighted by Gasteiger charge is -2.16. The average Bonchev–Trinajstić information content (AvgIpc) is 2.36. The van der Waals surface area contributed by atoms with Gasteiger partial charge < -0.3 is 15.4 Å². The smallest absolute Gasteiger partial charge is 0.325 e. The van der Waals surface area contributed by atoms with Crippen LogP contribution in [0.3, 0.4) is 0 Å². The Balaban J connectivity index is 2.95. The first-order valence-electron chi connectivity index (χ1n) is 5.99. The standard InChI is InChI=1S/C12H20N4O2/c1-5-13-11-10(8(2)3)12(16-7-15-11)14-6-9(17)18-4/h7-8H,5-6H2,1-4H3,(H2,13,14,15,16). The highest BCUT2D eigenvalue weighted by Crippen LogP contribution is 2.27. The van der Waals surface area contributed by atoms with Gasteiger partial charge in [0.05, 0.1) is 7.11 Å². The Hall–Kier alpha value is -1.85. The molecule has 0 aliphatic rings. The molecule has 100 valence electrons. The first-order chi connectivity index (χ1) is 8.60. The molecule has 1 heterocycles. The molecule has 6 nitrogen and oxygen atoms in total. The van der Waals surface area contributed by atoms with Crippen LogP contribution < -0.4 is 10.6 Å². The molecule has 0 saturated carbocycles. The van der Waals surface area contributed by atoms with Crippen molar-refractivity contribution in [3.63, 3.8) is 0 Å². The van der Waals surface area contributed by atoms with Gasteiger partial charge in [-0.2, -0.15) is 0 Å². The van der Waals surface area contributed by atoms with Crippen LogP contribution in [0.2, 0.25) is 0 Å². The third kappa shape index (κ3) is 3.58. The zero-order chi connectivity index (χ0) is 13.5. The van der Waals surface area contributed by atoms with Crippen molar-refractivity contribution in [1.29, 1.82) is 0 Å². The van der Waals surface area contributed by atoms with E-state index in [1.54, 1.807) is 0 Å². The van der Waals surface area contributed by atoms with Crippen molar-refractivity contribution >= 4 is 17.6 Å². The van der Waals surface area contributed by atoms with E-state index < -0.39 is 0 Å². The van der Waals surface area contributed by atoms with Gasteiger partial charge in [-0.1, -0.05) is 13.8 Å². The van der Waals surface area contributed by atoms with Crippen LogP contribution in [0.25, 0.3) is 0 Å². The van der Waals surface area contributed by atoms with Gasteiger partial charge in [0.2, 0.25) is 0 Å². The molecule has 1 rings (SSSR count). The van der Waals surface area contributed by atoms with Gasteiger partial charge in [0.1, 0.15) is 24.5 Å². The van der Waals surface area contributed by atoms with E-state index in [1.165, 1.54) is 13.4 Å². The number of carbonyl (C=O) groups is 1. The predicted octanol–water partition coefficient (Wildman–Crippen LogP) is 1.62. The van der Waals surface area contributed by atoms with Gasteiger partial charge in [0.15, 0.2) is 0 Å². The van der Waals surface area contributed by atoms with Crippen molar-refractivity contribution in [2.45, 2.75) is 26.7 Å². The lowest BCUT2D eigenvalue weighted by atomic mass is 10.0. The number of aromatic nitrogens is 2. The monoisotopic (exact) mass is 252 g/mol. The van der Waals surface area contributed by atoms with Gasteiger partial charge in [-0.25, -0.2) is 9.97 Å². The molecule has 0 aliphatic carbocycles. The fraction of sp³-hybridized carbons (Fsp3) is 0.583. The van der Waals surface area contributed by atoms with Crippen molar-refractivity contribution in [2.75, 3.05) is 30.8 Å². The first kappa shape index (κ1) is 14.2. The second-order valence-corrected chi connectivity index (χ2v) is 4.10. The van der Waals surface area contributed by atoms with Crippen LogP contribution in [0.4, 0.5) is 11.6 Å². The van der Waals surface area contributed by atoms with E-state index in [9.17, 15) is 4.79 Å². The molecule has 0 atom stereocenters. The molecule has 0 fully saturated rings. The summed E-state index contributed by atoms with van der Waals surface area (Å²) < 4.78 is 4.59. The zero-order valence-corrected chi connectivity index (χ0v) is 11.3. The molecular formula is C12H20N4O2. The van der Waals surface area contributed by atoms with Crippen LogP contribution in [0.1, 0.15) is 32.3 Å². The van der Waals surface area contributed by atoms with E-state index in [-0.39, 0.29) is 18.4 Å². The summed E-state index contributed by atoms with van der Waals surface area (Å²) in [6.45, 7) is 7.01. The Labute approximate surface area is 107 Å². The summed E-state index contributed by atoms with van der Waals surface area (Å²) in [6.07, 6.45) is 1.48. The Kier molecular flexibility index (Phi) is 5.35. The molecule has 1 aromatic rings. The summed E-state index contributed by atoms with van der Waals surface area (Å²) >= 11 is 0. The van der Waals surface area contributed by atoms with Gasteiger partial charge in [-0.05, 0) is 12.8 Å². The van der Waals surface area contributed by atoms with E-state index in [2.05, 4.69) is 39.2 Å². The number of methoxy groups -OCH3 is 1. The Morgan fingerprint density at radius 2 is 1.94 bits per heavy atom. The maximum Gasteiger partial charge on any atom is 0.325 e. The molecule has 0 saturated heterocycles. The van der Waals surface area contributed by atoms with Crippen molar-refractivity contribution in [3.8, 4) is 0 Å². The lowest BCUT2D eigenvalue weighted by molar-refractivity contribution is -0.138. The molecule has 0 unspecified atom stereocenters. The Morgan fingerprint density at radius 3 is 2.44 bits per heavy atom. The van der Waals surface area contributed by atoms with Crippen LogP contribution in [-0.2, 0) is 9.53 Å². The maximum atomic E-state index is 11.1. The largest absolute Gasteiger partial charge is 0.468 e. The number of nitrogens with zero attached hydrogens (tertiary/aromatic N) is 2. The Bertz CT molecular complexity index is 407. The highest BCUT2D eigenvalue weighted by molar-refractivity contribution is 5.75. The molecule has 0 amide bonds. The summed E-state index contributed by atoms with van der Waals surface area (Å²) in [6, 6.07) is 0. The van der Waals surface area contributed by atoms with E-state index in [1.807, 2.05) is 6.92 Å². The van der Waals surface area contributed by atoms with Gasteiger partial charge in [-0.3, -0.25) is 4.79 Å². The molecule has 1 aromatic heterocycles. The summed E-state index contributed by atoms with van der Waals surface area (Å²) in [5.74, 6) is 1.39. The SMILES string of the molecule is CCNc1ncnc(NCC(=O)OC)c1C(C)C. The summed E-state index contributed by atoms with van der Waals surface area (Å²) in [5, 5.41) is 6.17. The number of hydrogen-bond acceptors (Lipinski definition) is 6. The number of nitrogens with one attached hydrogen (secondary N) is 2. The topological polar surface area (TPSA) is 76.1 Å². The quantitative estimate of drug-likeness (QED) is 0.749. The van der Waals surface area contributed by atoms with Crippen molar-refractivity contribution < 1.29 is 9.53 Å². The molecule has 0 aromatic carbocycles. The number of ether oxygens (including phenoxy) is 1. The van der Waals surface area contributed by atoms with Gasteiger partial charge in [-0.15, -0.1) is 0 Å². The van der Waals surface area contributed by atoms with Crippen LogP contribution in [-0.4, -0.2) is 36.1 Å². The minimum Gasteiger partial charge on any atom is -0.468 e. The average molecular weight is 252 g/mol. The fourth-order valence-corrected chi connectivity index (χ4v) is 1.62. The van der Waals surface area contributed by atoms with Crippen LogP contribution in [0.5, 0.6) is 0 Å². The van der Waals surface area contributed by atoms with Crippen LogP contribution >= 0.6 is 0 Å². The summed E-state index contributed by atoms with van der Waals surface area (Å²) in [7, 11) is 1.36. The molecule has 2 N–H and O–H groups in total. The number of rotatable bonds is 6. The number of hydrogen-bond donors (Lipinski definition) is 2. The van der Waals surface area contributed by atoms with Crippen LogP contribution in [0, 0.1) is 0 Å². The summed E-state index contributed by atoms with van der Waals surface area (Å²) in [5.41, 5.74) is 0.975. The first-order valence-corrected chi connectivity index (χ1v) is 5.99. The van der Waals surface area contributed by atoms with Gasteiger partial charge in [0, 0.05) is 12.1 Å². The molecule has 0 bridgehead atoms. The predicted molar refractivity (Wildman–Crippen MR) is 70.8 cm³/mol. The number of esters is 1. The highest BCUT2D eigenvalue weighted by atomic mass is 16.5. The van der Waals surface area contributed by atoms with Crippen LogP contribution in [0.15, 0.2) is 6.33 Å². The van der Waals surface area contributed by atoms with Crippen molar-refractivity contribution in [3.05, 3.63) is 11.9 Å². The molecule has 18 heavy (non-hydrogen) atoms. The molecular weight excluding hydrogens is 232 g/mol. The lowest BCUT2D eigenvalue weighted by Crippen LogP contribution is -2.18. The molecule has 0 spiro atoms. The van der Waals surface area contributed by atoms with E-state index >= 15 is 0 Å². The van der Waals surface area contributed by atoms with Gasteiger partial charge >= 0.3 is 5.97 Å². The van der Waals surface area contributed by atoms with Gasteiger partial charge in [0.25, 0.3) is 0 Å². The third-order valence-electron chi connectivity index (χ3n) is 2.43. The maximum absolute atomic E-state index is 11.1. The second-order valence-electron chi connectivity index (χ2n) is 4.10. The fourth-order valence-electron chi connectivity index (χ4n) is 1.62. The van der Waals surface area contributed by atoms with Crippen molar-refractivity contribution in [1.82, 2.24) is 9.97 Å². The highest BCUT2D eigenvalue weighted by Gasteiger charge is 2.15. The van der Waals surface area contributed by atoms with E-state index in [4.69, 9.17) is 0 Å². The van der Waals surface area contributed by atoms with E-state index in [0.717, 1.165) is 17.9 Å². The summed E-state index contributed by atoms with van der Waals surface area (Å²) in [4.78, 5) is 19.5.